The quantitative estimate of drug-likeness (QED) is 0.319. The maximum absolute atomic E-state index is 13.9. The van der Waals surface area contributed by atoms with E-state index < -0.39 is 5.82 Å². The fourth-order valence-electron chi connectivity index (χ4n) is 5.66. The fraction of sp³-hybridized carbons (Fsp3) is 0.312. The van der Waals surface area contributed by atoms with Gasteiger partial charge < -0.3 is 20.9 Å². The third kappa shape index (κ3) is 6.86. The minimum Gasteiger partial charge on any atom is -0.400 e. The first kappa shape index (κ1) is 28.2. The van der Waals surface area contributed by atoms with Gasteiger partial charge in [-0.1, -0.05) is 42.5 Å². The Morgan fingerprint density at radius 2 is 1.78 bits per heavy atom. The Balaban J connectivity index is 1.23. The summed E-state index contributed by atoms with van der Waals surface area (Å²) in [5.74, 6) is -0.294. The maximum atomic E-state index is 13.9. The molecule has 2 aliphatic heterocycles. The van der Waals surface area contributed by atoms with Gasteiger partial charge in [0.25, 0.3) is 5.91 Å². The molecule has 0 radical (unpaired) electrons. The number of nitrogens with one attached hydrogen (secondary N) is 2. The van der Waals surface area contributed by atoms with Crippen molar-refractivity contribution in [2.75, 3.05) is 31.1 Å². The van der Waals surface area contributed by atoms with E-state index in [4.69, 9.17) is 11.3 Å². The van der Waals surface area contributed by atoms with Crippen LogP contribution in [0, 0.1) is 17.3 Å². The van der Waals surface area contributed by atoms with Crippen molar-refractivity contribution in [1.29, 1.82) is 5.53 Å². The molecule has 1 fully saturated rings. The molecule has 4 N–H and O–H groups in total. The van der Waals surface area contributed by atoms with Gasteiger partial charge in [-0.05, 0) is 79.7 Å². The summed E-state index contributed by atoms with van der Waals surface area (Å²) >= 11 is 0. The Bertz CT molecular complexity index is 1450. The third-order valence-corrected chi connectivity index (χ3v) is 7.88. The van der Waals surface area contributed by atoms with Gasteiger partial charge in [0.05, 0.1) is 18.7 Å². The van der Waals surface area contributed by atoms with Crippen molar-refractivity contribution < 1.29 is 14.0 Å². The molecule has 9 heteroatoms. The number of benzene rings is 3. The second kappa shape index (κ2) is 12.9. The summed E-state index contributed by atoms with van der Waals surface area (Å²) in [7, 11) is 0. The van der Waals surface area contributed by atoms with Crippen LogP contribution in [0.5, 0.6) is 0 Å². The third-order valence-electron chi connectivity index (χ3n) is 7.88. The van der Waals surface area contributed by atoms with E-state index in [1.54, 1.807) is 30.3 Å². The lowest BCUT2D eigenvalue weighted by atomic mass is 9.90. The predicted octanol–water partition coefficient (Wildman–Crippen LogP) is 5.11. The van der Waals surface area contributed by atoms with E-state index in [0.29, 0.717) is 34.8 Å². The second-order valence-corrected chi connectivity index (χ2v) is 10.7. The summed E-state index contributed by atoms with van der Waals surface area (Å²) in [6.07, 6.45) is 3.26. The van der Waals surface area contributed by atoms with Gasteiger partial charge in [-0.2, -0.15) is 5.11 Å². The lowest BCUT2D eigenvalue weighted by Gasteiger charge is -2.32. The molecule has 3 aromatic rings. The first-order valence-corrected chi connectivity index (χ1v) is 14.0. The smallest absolute Gasteiger partial charge is 0.251 e. The molecule has 0 atom stereocenters. The molecular weight excluding hydrogens is 519 g/mol. The summed E-state index contributed by atoms with van der Waals surface area (Å²) in [6.45, 7) is 3.38. The SMILES string of the molecule is N=NC1=C(N)CC(=O)N(Cc2cccc(F)c2)c2cc(C(=O)NCCN3CCC(Cc4ccccc4)CC3)ccc21. The number of halogens is 1. The molecule has 0 spiro atoms. The zero-order chi connectivity index (χ0) is 28.8. The van der Waals surface area contributed by atoms with Gasteiger partial charge in [-0.25, -0.2) is 9.92 Å². The van der Waals surface area contributed by atoms with Crippen LogP contribution in [0.3, 0.4) is 0 Å². The van der Waals surface area contributed by atoms with Gasteiger partial charge >= 0.3 is 0 Å². The highest BCUT2D eigenvalue weighted by Gasteiger charge is 2.28. The van der Waals surface area contributed by atoms with Crippen LogP contribution >= 0.6 is 0 Å². The molecular formula is C32H35FN6O2. The van der Waals surface area contributed by atoms with Crippen molar-refractivity contribution in [2.45, 2.75) is 32.2 Å². The van der Waals surface area contributed by atoms with Gasteiger partial charge in [0, 0.05) is 29.9 Å². The van der Waals surface area contributed by atoms with Crippen molar-refractivity contribution >= 4 is 23.2 Å². The number of nitrogens with two attached hydrogens (primary N) is 1. The number of likely N-dealkylation sites (tertiary alicyclic amines) is 1. The van der Waals surface area contributed by atoms with Crippen LogP contribution in [-0.4, -0.2) is 42.9 Å². The van der Waals surface area contributed by atoms with Crippen LogP contribution in [0.2, 0.25) is 0 Å². The minimum absolute atomic E-state index is 0.0907. The Morgan fingerprint density at radius 3 is 2.51 bits per heavy atom. The largest absolute Gasteiger partial charge is 0.400 e. The number of carbonyl (C=O) groups excluding carboxylic acids is 2. The van der Waals surface area contributed by atoms with Crippen molar-refractivity contribution in [2.24, 2.45) is 16.8 Å². The molecule has 0 unspecified atom stereocenters. The lowest BCUT2D eigenvalue weighted by Crippen LogP contribution is -2.40. The molecule has 0 aliphatic carbocycles. The first-order valence-electron chi connectivity index (χ1n) is 14.0. The van der Waals surface area contributed by atoms with Crippen LogP contribution < -0.4 is 16.0 Å². The number of nitrogens with zero attached hydrogens (tertiary/aromatic N) is 3. The Kier molecular flexibility index (Phi) is 8.84. The highest BCUT2D eigenvalue weighted by molar-refractivity contribution is 6.03. The Labute approximate surface area is 239 Å². The highest BCUT2D eigenvalue weighted by Crippen LogP contribution is 2.35. The van der Waals surface area contributed by atoms with Crippen molar-refractivity contribution in [3.63, 3.8) is 0 Å². The molecule has 3 aromatic carbocycles. The van der Waals surface area contributed by atoms with Crippen LogP contribution in [0.4, 0.5) is 10.1 Å². The van der Waals surface area contributed by atoms with Gasteiger partial charge in [0.15, 0.2) is 0 Å². The molecule has 0 bridgehead atoms. The van der Waals surface area contributed by atoms with Crippen molar-refractivity contribution in [3.05, 3.63) is 107 Å². The van der Waals surface area contributed by atoms with Crippen LogP contribution in [0.1, 0.15) is 46.3 Å². The highest BCUT2D eigenvalue weighted by atomic mass is 19.1. The molecule has 0 aromatic heterocycles. The lowest BCUT2D eigenvalue weighted by molar-refractivity contribution is -0.118. The number of hydrogen-bond donors (Lipinski definition) is 3. The number of rotatable bonds is 9. The topological polar surface area (TPSA) is 115 Å². The van der Waals surface area contributed by atoms with Crippen molar-refractivity contribution in [1.82, 2.24) is 10.2 Å². The molecule has 0 saturated carbocycles. The van der Waals surface area contributed by atoms with E-state index in [9.17, 15) is 14.0 Å². The number of carbonyl (C=O) groups is 2. The van der Waals surface area contributed by atoms with Crippen LogP contribution in [0.25, 0.3) is 5.70 Å². The van der Waals surface area contributed by atoms with Crippen LogP contribution in [-0.2, 0) is 17.8 Å². The first-order chi connectivity index (χ1) is 19.9. The standard InChI is InChI=1S/C32H35FN6O2/c33-26-8-4-7-24(18-26)21-39-29-19-25(9-10-27(29)31(37-35)28(34)20-30(39)40)32(41)36-13-16-38-14-11-23(12-15-38)17-22-5-2-1-3-6-22/h1-10,18-19,23,35H,11-17,20-21,34H2,(H,36,41). The normalized spacial score (nSPS) is 16.3. The number of anilines is 1. The molecule has 2 heterocycles. The van der Waals surface area contributed by atoms with Crippen LogP contribution in [0.15, 0.2) is 83.6 Å². The Morgan fingerprint density at radius 1 is 1.02 bits per heavy atom. The van der Waals surface area contributed by atoms with E-state index in [1.807, 2.05) is 6.07 Å². The van der Waals surface area contributed by atoms with E-state index in [-0.39, 0.29) is 36.2 Å². The van der Waals surface area contributed by atoms with Crippen molar-refractivity contribution in [3.8, 4) is 0 Å². The maximum Gasteiger partial charge on any atom is 0.251 e. The molecule has 212 valence electrons. The monoisotopic (exact) mass is 554 g/mol. The summed E-state index contributed by atoms with van der Waals surface area (Å²) in [5.41, 5.74) is 17.4. The van der Waals surface area contributed by atoms with Gasteiger partial charge in [-0.15, -0.1) is 0 Å². The van der Waals surface area contributed by atoms with E-state index in [0.717, 1.165) is 38.9 Å². The second-order valence-electron chi connectivity index (χ2n) is 10.7. The molecule has 2 aliphatic rings. The molecule has 1 saturated heterocycles. The van der Waals surface area contributed by atoms with E-state index in [1.165, 1.54) is 22.6 Å². The van der Waals surface area contributed by atoms with Gasteiger partial charge in [-0.3, -0.25) is 9.59 Å². The average molecular weight is 555 g/mol. The number of hydrogen-bond acceptors (Lipinski definition) is 6. The predicted molar refractivity (Wildman–Crippen MR) is 157 cm³/mol. The summed E-state index contributed by atoms with van der Waals surface area (Å²) < 4.78 is 13.9. The van der Waals surface area contributed by atoms with Gasteiger partial charge in [0.1, 0.15) is 11.5 Å². The molecule has 8 nitrogen and oxygen atoms in total. The summed E-state index contributed by atoms with van der Waals surface area (Å²) in [5, 5.41) is 6.59. The average Bonchev–Trinajstić information content (AvgIpc) is 3.07. The summed E-state index contributed by atoms with van der Waals surface area (Å²) in [6, 6.07) is 21.6. The Hall–Kier alpha value is -4.37. The zero-order valence-electron chi connectivity index (χ0n) is 23.0. The van der Waals surface area contributed by atoms with E-state index >= 15 is 0 Å². The minimum atomic E-state index is -0.405. The number of piperidine rings is 1. The van der Waals surface area contributed by atoms with Gasteiger partial charge in [0.2, 0.25) is 5.91 Å². The molecule has 41 heavy (non-hydrogen) atoms. The van der Waals surface area contributed by atoms with E-state index in [2.05, 4.69) is 39.6 Å². The number of fused-ring (bicyclic) bond motifs is 1. The fourth-order valence-corrected chi connectivity index (χ4v) is 5.66. The zero-order valence-corrected chi connectivity index (χ0v) is 23.0. The molecule has 5 rings (SSSR count). The summed E-state index contributed by atoms with van der Waals surface area (Å²) in [4.78, 5) is 30.2. The molecule has 2 amide bonds. The number of amides is 2.